The SMILES string of the molecule is CCOc1ccccc1OCCOc1cc(C)cc(C)c1. The molecule has 3 heteroatoms. The van der Waals surface area contributed by atoms with Crippen molar-refractivity contribution in [1.82, 2.24) is 0 Å². The van der Waals surface area contributed by atoms with E-state index in [1.165, 1.54) is 11.1 Å². The summed E-state index contributed by atoms with van der Waals surface area (Å²) >= 11 is 0. The van der Waals surface area contributed by atoms with Crippen molar-refractivity contribution in [2.75, 3.05) is 19.8 Å². The second-order valence-corrected chi connectivity index (χ2v) is 4.90. The lowest BCUT2D eigenvalue weighted by Crippen LogP contribution is -2.10. The monoisotopic (exact) mass is 286 g/mol. The maximum Gasteiger partial charge on any atom is 0.161 e. The zero-order chi connectivity index (χ0) is 15.1. The predicted molar refractivity (Wildman–Crippen MR) is 84.5 cm³/mol. The molecule has 0 amide bonds. The Morgan fingerprint density at radius 3 is 1.95 bits per heavy atom. The molecule has 0 bridgehead atoms. The van der Waals surface area contributed by atoms with Crippen LogP contribution in [0.1, 0.15) is 18.1 Å². The molecule has 0 radical (unpaired) electrons. The molecule has 112 valence electrons. The van der Waals surface area contributed by atoms with Crippen molar-refractivity contribution in [1.29, 1.82) is 0 Å². The molecule has 0 aliphatic rings. The maximum atomic E-state index is 5.72. The summed E-state index contributed by atoms with van der Waals surface area (Å²) in [5, 5.41) is 0. The molecule has 0 aliphatic carbocycles. The summed E-state index contributed by atoms with van der Waals surface area (Å²) in [5.74, 6) is 2.41. The number of hydrogen-bond acceptors (Lipinski definition) is 3. The smallest absolute Gasteiger partial charge is 0.161 e. The third kappa shape index (κ3) is 4.71. The van der Waals surface area contributed by atoms with E-state index in [0.29, 0.717) is 19.8 Å². The van der Waals surface area contributed by atoms with Crippen LogP contribution in [-0.2, 0) is 0 Å². The summed E-state index contributed by atoms with van der Waals surface area (Å²) in [5.41, 5.74) is 2.40. The van der Waals surface area contributed by atoms with Gasteiger partial charge < -0.3 is 14.2 Å². The molecule has 0 saturated heterocycles. The molecule has 2 aromatic carbocycles. The number of para-hydroxylation sites is 2. The molecule has 2 aromatic rings. The predicted octanol–water partition coefficient (Wildman–Crippen LogP) is 4.16. The Hall–Kier alpha value is -2.16. The summed E-state index contributed by atoms with van der Waals surface area (Å²) < 4.78 is 17.0. The van der Waals surface area contributed by atoms with Crippen molar-refractivity contribution in [2.45, 2.75) is 20.8 Å². The van der Waals surface area contributed by atoms with Gasteiger partial charge in [0.25, 0.3) is 0 Å². The molecule has 0 fully saturated rings. The van der Waals surface area contributed by atoms with Gasteiger partial charge in [-0.3, -0.25) is 0 Å². The highest BCUT2D eigenvalue weighted by Crippen LogP contribution is 2.26. The zero-order valence-corrected chi connectivity index (χ0v) is 12.9. The van der Waals surface area contributed by atoms with Gasteiger partial charge in [-0.2, -0.15) is 0 Å². The van der Waals surface area contributed by atoms with Gasteiger partial charge in [0.15, 0.2) is 11.5 Å². The first-order valence-corrected chi connectivity index (χ1v) is 7.24. The van der Waals surface area contributed by atoms with E-state index in [9.17, 15) is 0 Å². The van der Waals surface area contributed by atoms with Crippen LogP contribution in [0.5, 0.6) is 17.2 Å². The third-order valence-electron chi connectivity index (χ3n) is 2.95. The van der Waals surface area contributed by atoms with Gasteiger partial charge in [-0.1, -0.05) is 18.2 Å². The molecule has 0 aliphatic heterocycles. The van der Waals surface area contributed by atoms with Gasteiger partial charge in [0.2, 0.25) is 0 Å². The summed E-state index contributed by atoms with van der Waals surface area (Å²) in [6.45, 7) is 7.70. The van der Waals surface area contributed by atoms with Crippen molar-refractivity contribution < 1.29 is 14.2 Å². The number of hydrogen-bond donors (Lipinski definition) is 0. The normalized spacial score (nSPS) is 10.2. The highest BCUT2D eigenvalue weighted by atomic mass is 16.5. The van der Waals surface area contributed by atoms with Gasteiger partial charge in [-0.05, 0) is 56.2 Å². The van der Waals surface area contributed by atoms with E-state index in [-0.39, 0.29) is 0 Å². The molecule has 0 saturated carbocycles. The van der Waals surface area contributed by atoms with Crippen LogP contribution in [0.4, 0.5) is 0 Å². The molecular formula is C18H22O3. The van der Waals surface area contributed by atoms with E-state index < -0.39 is 0 Å². The molecular weight excluding hydrogens is 264 g/mol. The second kappa shape index (κ2) is 7.58. The van der Waals surface area contributed by atoms with Gasteiger partial charge in [0.1, 0.15) is 19.0 Å². The lowest BCUT2D eigenvalue weighted by Gasteiger charge is -2.12. The maximum absolute atomic E-state index is 5.72. The Morgan fingerprint density at radius 1 is 0.762 bits per heavy atom. The molecule has 0 unspecified atom stereocenters. The summed E-state index contributed by atoms with van der Waals surface area (Å²) in [6.07, 6.45) is 0. The molecule has 21 heavy (non-hydrogen) atoms. The summed E-state index contributed by atoms with van der Waals surface area (Å²) in [7, 11) is 0. The highest BCUT2D eigenvalue weighted by Gasteiger charge is 2.03. The molecule has 0 atom stereocenters. The fourth-order valence-corrected chi connectivity index (χ4v) is 2.17. The lowest BCUT2D eigenvalue weighted by molar-refractivity contribution is 0.208. The largest absolute Gasteiger partial charge is 0.490 e. The van der Waals surface area contributed by atoms with Crippen LogP contribution in [0.2, 0.25) is 0 Å². The van der Waals surface area contributed by atoms with Crippen LogP contribution in [0.3, 0.4) is 0 Å². The summed E-state index contributed by atoms with van der Waals surface area (Å²) in [4.78, 5) is 0. The topological polar surface area (TPSA) is 27.7 Å². The average molecular weight is 286 g/mol. The van der Waals surface area contributed by atoms with E-state index in [1.807, 2.05) is 43.3 Å². The van der Waals surface area contributed by atoms with Crippen LogP contribution < -0.4 is 14.2 Å². The van der Waals surface area contributed by atoms with Gasteiger partial charge in [-0.25, -0.2) is 0 Å². The fraction of sp³-hybridized carbons (Fsp3) is 0.333. The molecule has 2 rings (SSSR count). The van der Waals surface area contributed by atoms with E-state index in [0.717, 1.165) is 17.2 Å². The number of rotatable bonds is 7. The minimum atomic E-state index is 0.483. The van der Waals surface area contributed by atoms with Crippen LogP contribution in [-0.4, -0.2) is 19.8 Å². The number of benzene rings is 2. The van der Waals surface area contributed by atoms with Crippen molar-refractivity contribution in [3.8, 4) is 17.2 Å². The minimum Gasteiger partial charge on any atom is -0.490 e. The van der Waals surface area contributed by atoms with Gasteiger partial charge >= 0.3 is 0 Å². The standard InChI is InChI=1S/C18H22O3/c1-4-19-17-7-5-6-8-18(17)21-10-9-20-16-12-14(2)11-15(3)13-16/h5-8,11-13H,4,9-10H2,1-3H3. The van der Waals surface area contributed by atoms with E-state index in [4.69, 9.17) is 14.2 Å². The highest BCUT2D eigenvalue weighted by molar-refractivity contribution is 5.39. The second-order valence-electron chi connectivity index (χ2n) is 4.90. The third-order valence-corrected chi connectivity index (χ3v) is 2.95. The lowest BCUT2D eigenvalue weighted by atomic mass is 10.1. The van der Waals surface area contributed by atoms with E-state index in [1.54, 1.807) is 0 Å². The summed E-state index contributed by atoms with van der Waals surface area (Å²) in [6, 6.07) is 13.9. The zero-order valence-electron chi connectivity index (χ0n) is 12.9. The van der Waals surface area contributed by atoms with Crippen LogP contribution in [0, 0.1) is 13.8 Å². The van der Waals surface area contributed by atoms with Crippen molar-refractivity contribution in [3.63, 3.8) is 0 Å². The molecule has 3 nitrogen and oxygen atoms in total. The van der Waals surface area contributed by atoms with Crippen molar-refractivity contribution >= 4 is 0 Å². The Bertz CT molecular complexity index is 558. The van der Waals surface area contributed by atoms with Crippen LogP contribution in [0.25, 0.3) is 0 Å². The first kappa shape index (κ1) is 15.2. The fourth-order valence-electron chi connectivity index (χ4n) is 2.17. The quantitative estimate of drug-likeness (QED) is 0.715. The number of aryl methyl sites for hydroxylation is 2. The molecule has 0 aromatic heterocycles. The Balaban J connectivity index is 1.84. The average Bonchev–Trinajstić information content (AvgIpc) is 2.44. The first-order chi connectivity index (χ1) is 10.2. The van der Waals surface area contributed by atoms with Crippen LogP contribution in [0.15, 0.2) is 42.5 Å². The van der Waals surface area contributed by atoms with E-state index in [2.05, 4.69) is 19.9 Å². The minimum absolute atomic E-state index is 0.483. The molecule has 0 N–H and O–H groups in total. The Morgan fingerprint density at radius 2 is 1.33 bits per heavy atom. The van der Waals surface area contributed by atoms with Gasteiger partial charge in [0.05, 0.1) is 6.61 Å². The van der Waals surface area contributed by atoms with E-state index >= 15 is 0 Å². The van der Waals surface area contributed by atoms with Crippen molar-refractivity contribution in [2.24, 2.45) is 0 Å². The van der Waals surface area contributed by atoms with Gasteiger partial charge in [-0.15, -0.1) is 0 Å². The Labute approximate surface area is 126 Å². The molecule has 0 spiro atoms. The van der Waals surface area contributed by atoms with Crippen LogP contribution >= 0.6 is 0 Å². The molecule has 0 heterocycles. The first-order valence-electron chi connectivity index (χ1n) is 7.24. The van der Waals surface area contributed by atoms with Crippen molar-refractivity contribution in [3.05, 3.63) is 53.6 Å². The Kier molecular flexibility index (Phi) is 5.50. The van der Waals surface area contributed by atoms with Gasteiger partial charge in [0, 0.05) is 0 Å². The number of ether oxygens (including phenoxy) is 3.